The summed E-state index contributed by atoms with van der Waals surface area (Å²) in [5.74, 6) is 2.54. The molecule has 1 N–H and O–H groups in total. The molecule has 0 aliphatic carbocycles. The summed E-state index contributed by atoms with van der Waals surface area (Å²) in [6, 6.07) is 0. The van der Waals surface area contributed by atoms with Crippen molar-refractivity contribution in [2.45, 2.75) is 25.2 Å². The van der Waals surface area contributed by atoms with E-state index in [0.29, 0.717) is 5.41 Å². The number of nitrogens with zero attached hydrogens (tertiary/aromatic N) is 1. The number of rotatable bonds is 1. The molecular weight excluding hydrogens is 248 g/mol. The number of halogens is 1. The quantitative estimate of drug-likeness (QED) is 0.842. The number of H-pyrrole nitrogens is 1. The zero-order chi connectivity index (χ0) is 9.31. The van der Waals surface area contributed by atoms with E-state index < -0.39 is 0 Å². The molecule has 0 unspecified atom stereocenters. The zero-order valence-corrected chi connectivity index (χ0v) is 10.0. The van der Waals surface area contributed by atoms with Crippen molar-refractivity contribution in [3.63, 3.8) is 0 Å². The number of aromatic nitrogens is 2. The van der Waals surface area contributed by atoms with Crippen molar-refractivity contribution in [3.8, 4) is 0 Å². The van der Waals surface area contributed by atoms with Gasteiger partial charge in [-0.1, -0.05) is 6.92 Å². The van der Waals surface area contributed by atoms with Gasteiger partial charge in [0, 0.05) is 17.3 Å². The molecule has 1 saturated heterocycles. The van der Waals surface area contributed by atoms with Crippen molar-refractivity contribution in [1.29, 1.82) is 0 Å². The van der Waals surface area contributed by atoms with Crippen LogP contribution in [0.25, 0.3) is 0 Å². The maximum absolute atomic E-state index is 4.19. The van der Waals surface area contributed by atoms with Gasteiger partial charge >= 0.3 is 0 Å². The van der Waals surface area contributed by atoms with E-state index in [9.17, 15) is 0 Å². The molecule has 0 amide bonds. The molecule has 4 heteroatoms. The highest BCUT2D eigenvalue weighted by Crippen LogP contribution is 2.36. The van der Waals surface area contributed by atoms with Crippen LogP contribution in [0.3, 0.4) is 0 Å². The number of imidazole rings is 1. The lowest BCUT2D eigenvalue weighted by Gasteiger charge is -2.31. The SMILES string of the molecule is CC1(c2cnc(Br)[nH]2)CCSCC1. The van der Waals surface area contributed by atoms with Crippen molar-refractivity contribution >= 4 is 27.7 Å². The molecule has 0 aromatic carbocycles. The Morgan fingerprint density at radius 1 is 1.54 bits per heavy atom. The van der Waals surface area contributed by atoms with E-state index in [-0.39, 0.29) is 0 Å². The number of hydrogen-bond donors (Lipinski definition) is 1. The standard InChI is InChI=1S/C9H13BrN2S/c1-9(2-4-13-5-3-9)7-6-11-8(10)12-7/h6H,2-5H2,1H3,(H,11,12). The van der Waals surface area contributed by atoms with Crippen LogP contribution in [0.5, 0.6) is 0 Å². The van der Waals surface area contributed by atoms with Crippen LogP contribution in [0.2, 0.25) is 0 Å². The molecule has 1 fully saturated rings. The third kappa shape index (κ3) is 1.94. The summed E-state index contributed by atoms with van der Waals surface area (Å²) in [6.45, 7) is 2.33. The molecular formula is C9H13BrN2S. The summed E-state index contributed by atoms with van der Waals surface area (Å²) in [4.78, 5) is 7.47. The van der Waals surface area contributed by atoms with Crippen LogP contribution in [0.1, 0.15) is 25.5 Å². The Morgan fingerprint density at radius 3 is 2.77 bits per heavy atom. The number of thioether (sulfide) groups is 1. The lowest BCUT2D eigenvalue weighted by molar-refractivity contribution is 0.425. The minimum atomic E-state index is 0.324. The molecule has 0 saturated carbocycles. The molecule has 72 valence electrons. The highest BCUT2D eigenvalue weighted by Gasteiger charge is 2.30. The minimum absolute atomic E-state index is 0.324. The van der Waals surface area contributed by atoms with Crippen LogP contribution < -0.4 is 0 Å². The smallest absolute Gasteiger partial charge is 0.174 e. The first-order valence-electron chi connectivity index (χ1n) is 4.49. The predicted molar refractivity (Wildman–Crippen MR) is 60.2 cm³/mol. The fourth-order valence-electron chi connectivity index (χ4n) is 1.69. The Hall–Kier alpha value is 0.0400. The van der Waals surface area contributed by atoms with Gasteiger partial charge in [-0.15, -0.1) is 0 Å². The van der Waals surface area contributed by atoms with Crippen molar-refractivity contribution in [1.82, 2.24) is 9.97 Å². The topological polar surface area (TPSA) is 28.7 Å². The van der Waals surface area contributed by atoms with Crippen LogP contribution in [0.4, 0.5) is 0 Å². The predicted octanol–water partition coefficient (Wildman–Crippen LogP) is 2.96. The van der Waals surface area contributed by atoms with Gasteiger partial charge in [0.1, 0.15) is 0 Å². The Morgan fingerprint density at radius 2 is 2.23 bits per heavy atom. The molecule has 1 aliphatic heterocycles. The third-order valence-electron chi connectivity index (χ3n) is 2.79. The van der Waals surface area contributed by atoms with Crippen molar-refractivity contribution in [2.24, 2.45) is 0 Å². The minimum Gasteiger partial charge on any atom is -0.336 e. The fraction of sp³-hybridized carbons (Fsp3) is 0.667. The Bertz CT molecular complexity index is 292. The van der Waals surface area contributed by atoms with E-state index in [2.05, 4.69) is 44.6 Å². The number of nitrogens with one attached hydrogen (secondary N) is 1. The van der Waals surface area contributed by atoms with Gasteiger partial charge in [-0.3, -0.25) is 0 Å². The molecule has 1 aromatic rings. The summed E-state index contributed by atoms with van der Waals surface area (Å²) in [7, 11) is 0. The lowest BCUT2D eigenvalue weighted by Crippen LogP contribution is -2.27. The van der Waals surface area contributed by atoms with Crippen LogP contribution in [0, 0.1) is 0 Å². The average Bonchev–Trinajstić information content (AvgIpc) is 2.54. The average molecular weight is 261 g/mol. The summed E-state index contributed by atoms with van der Waals surface area (Å²) >= 11 is 5.40. The second kappa shape index (κ2) is 3.65. The summed E-state index contributed by atoms with van der Waals surface area (Å²) in [5, 5.41) is 0. The fourth-order valence-corrected chi connectivity index (χ4v) is 3.40. The van der Waals surface area contributed by atoms with Gasteiger partial charge in [0.15, 0.2) is 4.73 Å². The van der Waals surface area contributed by atoms with E-state index in [1.807, 2.05) is 6.20 Å². The van der Waals surface area contributed by atoms with Gasteiger partial charge in [-0.05, 0) is 40.3 Å². The summed E-state index contributed by atoms with van der Waals surface area (Å²) < 4.78 is 0.849. The maximum Gasteiger partial charge on any atom is 0.174 e. The van der Waals surface area contributed by atoms with Crippen molar-refractivity contribution in [3.05, 3.63) is 16.6 Å². The van der Waals surface area contributed by atoms with Crippen LogP contribution in [-0.2, 0) is 5.41 Å². The van der Waals surface area contributed by atoms with Gasteiger partial charge in [0.05, 0.1) is 0 Å². The summed E-state index contributed by atoms with van der Waals surface area (Å²) in [5.41, 5.74) is 1.60. The zero-order valence-electron chi connectivity index (χ0n) is 7.64. The third-order valence-corrected chi connectivity index (χ3v) is 4.18. The highest BCUT2D eigenvalue weighted by atomic mass is 79.9. The first-order chi connectivity index (χ1) is 6.21. The Kier molecular flexibility index (Phi) is 2.70. The molecule has 2 heterocycles. The molecule has 13 heavy (non-hydrogen) atoms. The highest BCUT2D eigenvalue weighted by molar-refractivity contribution is 9.10. The van der Waals surface area contributed by atoms with E-state index in [1.165, 1.54) is 30.0 Å². The Labute approximate surface area is 91.0 Å². The second-order valence-electron chi connectivity index (χ2n) is 3.76. The molecule has 1 aromatic heterocycles. The summed E-state index contributed by atoms with van der Waals surface area (Å²) in [6.07, 6.45) is 4.47. The molecule has 0 atom stereocenters. The maximum atomic E-state index is 4.19. The molecule has 1 aliphatic rings. The monoisotopic (exact) mass is 260 g/mol. The van der Waals surface area contributed by atoms with E-state index in [0.717, 1.165) is 4.73 Å². The first-order valence-corrected chi connectivity index (χ1v) is 6.44. The number of hydrogen-bond acceptors (Lipinski definition) is 2. The van der Waals surface area contributed by atoms with E-state index in [1.54, 1.807) is 0 Å². The second-order valence-corrected chi connectivity index (χ2v) is 5.74. The van der Waals surface area contributed by atoms with Crippen LogP contribution in [-0.4, -0.2) is 21.5 Å². The van der Waals surface area contributed by atoms with Gasteiger partial charge in [0.25, 0.3) is 0 Å². The van der Waals surface area contributed by atoms with Gasteiger partial charge in [-0.25, -0.2) is 4.98 Å². The first kappa shape index (κ1) is 9.59. The van der Waals surface area contributed by atoms with Gasteiger partial charge in [0.2, 0.25) is 0 Å². The van der Waals surface area contributed by atoms with E-state index in [4.69, 9.17) is 0 Å². The van der Waals surface area contributed by atoms with Gasteiger partial charge in [-0.2, -0.15) is 11.8 Å². The molecule has 2 nitrogen and oxygen atoms in total. The normalized spacial score (nSPS) is 21.7. The molecule has 2 rings (SSSR count). The van der Waals surface area contributed by atoms with Crippen molar-refractivity contribution in [2.75, 3.05) is 11.5 Å². The van der Waals surface area contributed by atoms with E-state index >= 15 is 0 Å². The van der Waals surface area contributed by atoms with Crippen molar-refractivity contribution < 1.29 is 0 Å². The van der Waals surface area contributed by atoms with Crippen LogP contribution >= 0.6 is 27.7 Å². The largest absolute Gasteiger partial charge is 0.336 e. The van der Waals surface area contributed by atoms with Gasteiger partial charge < -0.3 is 4.98 Å². The molecule has 0 bridgehead atoms. The molecule has 0 spiro atoms. The Balaban J connectivity index is 2.22. The number of aromatic amines is 1. The molecule has 0 radical (unpaired) electrons. The lowest BCUT2D eigenvalue weighted by atomic mass is 9.81. The van der Waals surface area contributed by atoms with Crippen LogP contribution in [0.15, 0.2) is 10.9 Å².